The standard InChI is InChI=1S/C19H20Cl2FN3O/c1-13(19(26)23-17-7-6-14(22)12-16(17)21)24-8-10-25(11-9-24)18-5-3-2-4-15(18)20/h2-7,12-13H,8-11H2,1H3,(H,23,26). The Bertz CT molecular complexity index is 794. The van der Waals surface area contributed by atoms with Crippen molar-refractivity contribution >= 4 is 40.5 Å². The van der Waals surface area contributed by atoms with E-state index in [9.17, 15) is 9.18 Å². The molecule has 1 fully saturated rings. The third-order valence-corrected chi connectivity index (χ3v) is 5.26. The molecule has 26 heavy (non-hydrogen) atoms. The molecule has 1 heterocycles. The first-order chi connectivity index (χ1) is 12.5. The first-order valence-corrected chi connectivity index (χ1v) is 9.21. The van der Waals surface area contributed by atoms with E-state index in [-0.39, 0.29) is 17.0 Å². The minimum absolute atomic E-state index is 0.162. The van der Waals surface area contributed by atoms with E-state index in [0.717, 1.165) is 36.9 Å². The second-order valence-electron chi connectivity index (χ2n) is 6.26. The Balaban J connectivity index is 1.58. The van der Waals surface area contributed by atoms with Crippen LogP contribution in [0, 0.1) is 5.82 Å². The summed E-state index contributed by atoms with van der Waals surface area (Å²) in [6.07, 6.45) is 0. The zero-order valence-electron chi connectivity index (χ0n) is 14.4. The molecule has 7 heteroatoms. The van der Waals surface area contributed by atoms with E-state index in [0.29, 0.717) is 5.69 Å². The number of anilines is 2. The maximum atomic E-state index is 13.1. The van der Waals surface area contributed by atoms with Gasteiger partial charge in [-0.2, -0.15) is 0 Å². The van der Waals surface area contributed by atoms with Crippen LogP contribution in [0.15, 0.2) is 42.5 Å². The molecule has 0 radical (unpaired) electrons. The number of carbonyl (C=O) groups excluding carboxylic acids is 1. The van der Waals surface area contributed by atoms with Gasteiger partial charge in [-0.25, -0.2) is 4.39 Å². The fourth-order valence-electron chi connectivity index (χ4n) is 3.05. The average molecular weight is 396 g/mol. The Morgan fingerprint density at radius 3 is 2.42 bits per heavy atom. The summed E-state index contributed by atoms with van der Waals surface area (Å²) in [7, 11) is 0. The lowest BCUT2D eigenvalue weighted by Gasteiger charge is -2.38. The topological polar surface area (TPSA) is 35.6 Å². The van der Waals surface area contributed by atoms with Gasteiger partial charge in [0.1, 0.15) is 5.82 Å². The fraction of sp³-hybridized carbons (Fsp3) is 0.316. The quantitative estimate of drug-likeness (QED) is 0.838. The Kier molecular flexibility index (Phi) is 6.01. The molecule has 1 amide bonds. The highest BCUT2D eigenvalue weighted by Crippen LogP contribution is 2.27. The van der Waals surface area contributed by atoms with Crippen molar-refractivity contribution in [1.82, 2.24) is 4.90 Å². The zero-order valence-corrected chi connectivity index (χ0v) is 15.9. The summed E-state index contributed by atoms with van der Waals surface area (Å²) in [5, 5.41) is 3.70. The number of piperazine rings is 1. The van der Waals surface area contributed by atoms with Crippen LogP contribution in [-0.2, 0) is 4.79 Å². The minimum Gasteiger partial charge on any atom is -0.368 e. The molecule has 2 aromatic carbocycles. The number of para-hydroxylation sites is 1. The van der Waals surface area contributed by atoms with E-state index < -0.39 is 5.82 Å². The largest absolute Gasteiger partial charge is 0.368 e. The van der Waals surface area contributed by atoms with E-state index in [2.05, 4.69) is 15.1 Å². The van der Waals surface area contributed by atoms with Crippen LogP contribution in [0.3, 0.4) is 0 Å². The van der Waals surface area contributed by atoms with Crippen LogP contribution in [0.25, 0.3) is 0 Å². The fourth-order valence-corrected chi connectivity index (χ4v) is 3.52. The van der Waals surface area contributed by atoms with Crippen LogP contribution in [-0.4, -0.2) is 43.0 Å². The Morgan fingerprint density at radius 1 is 1.08 bits per heavy atom. The molecule has 1 atom stereocenters. The molecule has 1 aliphatic heterocycles. The summed E-state index contributed by atoms with van der Waals surface area (Å²) in [5.74, 6) is -0.596. The minimum atomic E-state index is -0.434. The van der Waals surface area contributed by atoms with Gasteiger partial charge in [-0.05, 0) is 37.3 Å². The van der Waals surface area contributed by atoms with Gasteiger partial charge in [-0.1, -0.05) is 35.3 Å². The van der Waals surface area contributed by atoms with Crippen molar-refractivity contribution in [1.29, 1.82) is 0 Å². The average Bonchev–Trinajstić information content (AvgIpc) is 2.64. The van der Waals surface area contributed by atoms with Gasteiger partial charge in [0.25, 0.3) is 0 Å². The van der Waals surface area contributed by atoms with Crippen LogP contribution in [0.1, 0.15) is 6.92 Å². The predicted octanol–water partition coefficient (Wildman–Crippen LogP) is 4.28. The predicted molar refractivity (Wildman–Crippen MR) is 105 cm³/mol. The number of amides is 1. The molecule has 1 N–H and O–H groups in total. The van der Waals surface area contributed by atoms with E-state index in [1.165, 1.54) is 18.2 Å². The molecule has 0 bridgehead atoms. The second-order valence-corrected chi connectivity index (χ2v) is 7.08. The molecule has 3 rings (SSSR count). The Morgan fingerprint density at radius 2 is 1.77 bits per heavy atom. The lowest BCUT2D eigenvalue weighted by molar-refractivity contribution is -0.120. The van der Waals surface area contributed by atoms with Gasteiger partial charge in [0, 0.05) is 26.2 Å². The molecule has 0 aromatic heterocycles. The smallest absolute Gasteiger partial charge is 0.241 e. The molecule has 0 spiro atoms. The first kappa shape index (κ1) is 19.0. The van der Waals surface area contributed by atoms with Gasteiger partial charge in [-0.3, -0.25) is 9.69 Å². The van der Waals surface area contributed by atoms with E-state index in [4.69, 9.17) is 23.2 Å². The van der Waals surface area contributed by atoms with Gasteiger partial charge in [0.15, 0.2) is 0 Å². The highest BCUT2D eigenvalue weighted by Gasteiger charge is 2.26. The molecule has 1 unspecified atom stereocenters. The summed E-state index contributed by atoms with van der Waals surface area (Å²) in [5.41, 5.74) is 1.43. The lowest BCUT2D eigenvalue weighted by Crippen LogP contribution is -2.52. The number of carbonyl (C=O) groups is 1. The number of benzene rings is 2. The number of nitrogens with one attached hydrogen (secondary N) is 1. The van der Waals surface area contributed by atoms with Crippen LogP contribution >= 0.6 is 23.2 Å². The van der Waals surface area contributed by atoms with Crippen molar-refractivity contribution in [3.8, 4) is 0 Å². The van der Waals surface area contributed by atoms with Gasteiger partial charge in [0.2, 0.25) is 5.91 Å². The molecular weight excluding hydrogens is 376 g/mol. The lowest BCUT2D eigenvalue weighted by atomic mass is 10.2. The Labute approximate surface area is 162 Å². The summed E-state index contributed by atoms with van der Waals surface area (Å²) < 4.78 is 13.1. The summed E-state index contributed by atoms with van der Waals surface area (Å²) in [4.78, 5) is 16.8. The molecule has 1 aliphatic rings. The van der Waals surface area contributed by atoms with Crippen molar-refractivity contribution in [2.24, 2.45) is 0 Å². The summed E-state index contributed by atoms with van der Waals surface area (Å²) in [6.45, 7) is 4.93. The van der Waals surface area contributed by atoms with Crippen molar-refractivity contribution in [3.63, 3.8) is 0 Å². The van der Waals surface area contributed by atoms with Crippen molar-refractivity contribution in [2.75, 3.05) is 36.4 Å². The van der Waals surface area contributed by atoms with E-state index >= 15 is 0 Å². The second kappa shape index (κ2) is 8.25. The highest BCUT2D eigenvalue weighted by molar-refractivity contribution is 6.34. The number of halogens is 3. The SMILES string of the molecule is CC(C(=O)Nc1ccc(F)cc1Cl)N1CCN(c2ccccc2Cl)CC1. The first-order valence-electron chi connectivity index (χ1n) is 8.45. The molecule has 4 nitrogen and oxygen atoms in total. The number of nitrogens with zero attached hydrogens (tertiary/aromatic N) is 2. The molecule has 0 saturated carbocycles. The van der Waals surface area contributed by atoms with Crippen LogP contribution in [0.4, 0.5) is 15.8 Å². The number of rotatable bonds is 4. The molecule has 138 valence electrons. The van der Waals surface area contributed by atoms with Gasteiger partial charge in [0.05, 0.1) is 27.5 Å². The van der Waals surface area contributed by atoms with Gasteiger partial charge >= 0.3 is 0 Å². The van der Waals surface area contributed by atoms with Crippen LogP contribution in [0.2, 0.25) is 10.0 Å². The number of hydrogen-bond acceptors (Lipinski definition) is 3. The van der Waals surface area contributed by atoms with Crippen LogP contribution in [0.5, 0.6) is 0 Å². The van der Waals surface area contributed by atoms with E-state index in [1.54, 1.807) is 0 Å². The van der Waals surface area contributed by atoms with Crippen molar-refractivity contribution in [2.45, 2.75) is 13.0 Å². The number of hydrogen-bond donors (Lipinski definition) is 1. The summed E-state index contributed by atoms with van der Waals surface area (Å²) >= 11 is 12.2. The Hall–Kier alpha value is -1.82. The molecular formula is C19H20Cl2FN3O. The normalized spacial score (nSPS) is 16.4. The van der Waals surface area contributed by atoms with Gasteiger partial charge in [-0.15, -0.1) is 0 Å². The van der Waals surface area contributed by atoms with E-state index in [1.807, 2.05) is 31.2 Å². The zero-order chi connectivity index (χ0) is 18.7. The maximum absolute atomic E-state index is 13.1. The third-order valence-electron chi connectivity index (χ3n) is 4.62. The highest BCUT2D eigenvalue weighted by atomic mass is 35.5. The van der Waals surface area contributed by atoms with Crippen molar-refractivity contribution < 1.29 is 9.18 Å². The summed E-state index contributed by atoms with van der Waals surface area (Å²) in [6, 6.07) is 11.4. The van der Waals surface area contributed by atoms with Crippen molar-refractivity contribution in [3.05, 3.63) is 58.3 Å². The van der Waals surface area contributed by atoms with Crippen LogP contribution < -0.4 is 10.2 Å². The monoisotopic (exact) mass is 395 g/mol. The maximum Gasteiger partial charge on any atom is 0.241 e. The third kappa shape index (κ3) is 4.29. The van der Waals surface area contributed by atoms with Gasteiger partial charge < -0.3 is 10.2 Å². The molecule has 1 saturated heterocycles. The molecule has 0 aliphatic carbocycles. The molecule has 2 aromatic rings.